The molecule has 144 valence electrons. The van der Waals surface area contributed by atoms with Gasteiger partial charge in [-0.3, -0.25) is 9.59 Å². The van der Waals surface area contributed by atoms with Gasteiger partial charge in [0.15, 0.2) is 0 Å². The number of likely N-dealkylation sites (N-methyl/N-ethyl adjacent to an activating group) is 1. The zero-order chi connectivity index (χ0) is 19.6. The second kappa shape index (κ2) is 7.66. The average molecular weight is 389 g/mol. The maximum Gasteiger partial charge on any atom is 0.251 e. The van der Waals surface area contributed by atoms with Crippen molar-refractivity contribution in [1.29, 1.82) is 0 Å². The molecule has 8 heteroatoms. The Balaban J connectivity index is 1.84. The lowest BCUT2D eigenvalue weighted by Gasteiger charge is -2.19. The van der Waals surface area contributed by atoms with Crippen LogP contribution in [0.1, 0.15) is 18.4 Å². The number of amides is 1. The third-order valence-electron chi connectivity index (χ3n) is 4.73. The van der Waals surface area contributed by atoms with Crippen LogP contribution in [0, 0.1) is 6.92 Å². The first-order chi connectivity index (χ1) is 12.8. The molecule has 1 aliphatic rings. The third kappa shape index (κ3) is 4.12. The van der Waals surface area contributed by atoms with Gasteiger partial charge in [-0.2, -0.15) is 4.31 Å². The maximum atomic E-state index is 12.7. The van der Waals surface area contributed by atoms with Gasteiger partial charge in [-0.05, 0) is 43.5 Å². The molecule has 7 nitrogen and oxygen atoms in total. The Hall–Kier alpha value is -2.45. The van der Waals surface area contributed by atoms with Crippen LogP contribution in [0.2, 0.25) is 0 Å². The molecule has 1 aromatic carbocycles. The van der Waals surface area contributed by atoms with Crippen LogP contribution in [0.25, 0.3) is 0 Å². The van der Waals surface area contributed by atoms with E-state index in [0.717, 1.165) is 23.0 Å². The fourth-order valence-corrected chi connectivity index (χ4v) is 4.63. The van der Waals surface area contributed by atoms with Gasteiger partial charge in [-0.25, -0.2) is 8.42 Å². The second-order valence-electron chi connectivity index (χ2n) is 6.73. The minimum Gasteiger partial charge on any atom is -0.314 e. The smallest absolute Gasteiger partial charge is 0.251 e. The lowest BCUT2D eigenvalue weighted by Crippen LogP contribution is -2.34. The molecule has 0 spiro atoms. The molecule has 0 saturated carbocycles. The van der Waals surface area contributed by atoms with Crippen molar-refractivity contribution in [3.05, 3.63) is 58.5 Å². The molecule has 2 aromatic rings. The van der Waals surface area contributed by atoms with Crippen molar-refractivity contribution < 1.29 is 13.2 Å². The Labute approximate surface area is 158 Å². The first-order valence-corrected chi connectivity index (χ1v) is 10.3. The van der Waals surface area contributed by atoms with E-state index in [-0.39, 0.29) is 17.3 Å². The van der Waals surface area contributed by atoms with E-state index in [1.165, 1.54) is 27.5 Å². The van der Waals surface area contributed by atoms with Crippen LogP contribution in [0.15, 0.2) is 52.3 Å². The number of aromatic nitrogens is 1. The number of aryl methyl sites for hydroxylation is 1. The predicted octanol–water partition coefficient (Wildman–Crippen LogP) is 1.60. The number of anilines is 1. The van der Waals surface area contributed by atoms with E-state index in [4.69, 9.17) is 0 Å². The van der Waals surface area contributed by atoms with Crippen molar-refractivity contribution in [2.75, 3.05) is 25.0 Å². The molecule has 1 aliphatic heterocycles. The number of benzene rings is 1. The Morgan fingerprint density at radius 1 is 1.15 bits per heavy atom. The number of carbonyl (C=O) groups excluding carboxylic acids is 1. The van der Waals surface area contributed by atoms with Crippen molar-refractivity contribution in [1.82, 2.24) is 8.87 Å². The summed E-state index contributed by atoms with van der Waals surface area (Å²) in [7, 11) is -2.01. The highest BCUT2D eigenvalue weighted by Gasteiger charge is 2.27. The molecule has 0 aliphatic carbocycles. The molecule has 1 saturated heterocycles. The normalized spacial score (nSPS) is 15.0. The summed E-state index contributed by atoms with van der Waals surface area (Å²) in [5.41, 5.74) is 1.32. The Morgan fingerprint density at radius 3 is 2.52 bits per heavy atom. The van der Waals surface area contributed by atoms with Gasteiger partial charge in [0.05, 0.1) is 4.90 Å². The van der Waals surface area contributed by atoms with Crippen molar-refractivity contribution in [3.8, 4) is 0 Å². The standard InChI is InChI=1S/C19H23N3O4S/c1-15-6-5-7-16(12-15)20(2)19(24)14-21-13-17(8-9-18(21)23)27(25,26)22-10-3-4-11-22/h5-9,12-13H,3-4,10-11,14H2,1-2H3. The zero-order valence-electron chi connectivity index (χ0n) is 15.5. The van der Waals surface area contributed by atoms with Crippen molar-refractivity contribution >= 4 is 21.6 Å². The lowest BCUT2D eigenvalue weighted by molar-refractivity contribution is -0.118. The van der Waals surface area contributed by atoms with Gasteiger partial charge >= 0.3 is 0 Å². The van der Waals surface area contributed by atoms with Crippen LogP contribution in [0.5, 0.6) is 0 Å². The second-order valence-corrected chi connectivity index (χ2v) is 8.67. The van der Waals surface area contributed by atoms with Crippen LogP contribution in [0.3, 0.4) is 0 Å². The van der Waals surface area contributed by atoms with Crippen molar-refractivity contribution in [2.45, 2.75) is 31.2 Å². The van der Waals surface area contributed by atoms with Gasteiger partial charge in [0.25, 0.3) is 5.56 Å². The molecular weight excluding hydrogens is 366 g/mol. The van der Waals surface area contributed by atoms with Crippen molar-refractivity contribution in [3.63, 3.8) is 0 Å². The fraction of sp³-hybridized carbons (Fsp3) is 0.368. The Bertz CT molecular complexity index is 1010. The van der Waals surface area contributed by atoms with E-state index in [9.17, 15) is 18.0 Å². The quantitative estimate of drug-likeness (QED) is 0.778. The molecule has 0 unspecified atom stereocenters. The lowest BCUT2D eigenvalue weighted by atomic mass is 10.2. The van der Waals surface area contributed by atoms with Crippen LogP contribution in [-0.4, -0.2) is 43.3 Å². The van der Waals surface area contributed by atoms with E-state index in [1.807, 2.05) is 31.2 Å². The molecule has 0 N–H and O–H groups in total. The minimum absolute atomic E-state index is 0.0370. The summed E-state index contributed by atoms with van der Waals surface area (Å²) in [5, 5.41) is 0. The average Bonchev–Trinajstić information content (AvgIpc) is 3.18. The summed E-state index contributed by atoms with van der Waals surface area (Å²) < 4.78 is 27.9. The number of sulfonamides is 1. The number of pyridine rings is 1. The molecule has 2 heterocycles. The van der Waals surface area contributed by atoms with Gasteiger partial charge in [0.1, 0.15) is 6.54 Å². The van der Waals surface area contributed by atoms with Crippen molar-refractivity contribution in [2.24, 2.45) is 0 Å². The molecule has 0 atom stereocenters. The monoisotopic (exact) mass is 389 g/mol. The zero-order valence-corrected chi connectivity index (χ0v) is 16.3. The van der Waals surface area contributed by atoms with Gasteiger partial charge in [-0.1, -0.05) is 12.1 Å². The third-order valence-corrected chi connectivity index (χ3v) is 6.61. The van der Waals surface area contributed by atoms with Crippen LogP contribution in [-0.2, 0) is 21.4 Å². The summed E-state index contributed by atoms with van der Waals surface area (Å²) in [6.45, 7) is 2.67. The summed E-state index contributed by atoms with van der Waals surface area (Å²) in [6.07, 6.45) is 2.93. The number of hydrogen-bond acceptors (Lipinski definition) is 4. The molecule has 1 fully saturated rings. The van der Waals surface area contributed by atoms with Gasteiger partial charge in [0, 0.05) is 38.1 Å². The van der Waals surface area contributed by atoms with Gasteiger partial charge in [0.2, 0.25) is 15.9 Å². The summed E-state index contributed by atoms with van der Waals surface area (Å²) in [6, 6.07) is 9.96. The highest BCUT2D eigenvalue weighted by Crippen LogP contribution is 2.20. The SMILES string of the molecule is Cc1cccc(N(C)C(=O)Cn2cc(S(=O)(=O)N3CCCC3)ccc2=O)c1. The van der Waals surface area contributed by atoms with E-state index in [0.29, 0.717) is 18.8 Å². The molecule has 0 radical (unpaired) electrons. The summed E-state index contributed by atoms with van der Waals surface area (Å²) in [5.74, 6) is -0.307. The summed E-state index contributed by atoms with van der Waals surface area (Å²) >= 11 is 0. The van der Waals surface area contributed by atoms with Gasteiger partial charge in [-0.15, -0.1) is 0 Å². The van der Waals surface area contributed by atoms with E-state index in [2.05, 4.69) is 0 Å². The van der Waals surface area contributed by atoms with E-state index in [1.54, 1.807) is 7.05 Å². The van der Waals surface area contributed by atoms with Crippen LogP contribution in [0.4, 0.5) is 5.69 Å². The topological polar surface area (TPSA) is 79.7 Å². The highest BCUT2D eigenvalue weighted by atomic mass is 32.2. The van der Waals surface area contributed by atoms with Crippen LogP contribution >= 0.6 is 0 Å². The number of carbonyl (C=O) groups is 1. The Morgan fingerprint density at radius 2 is 1.85 bits per heavy atom. The first-order valence-electron chi connectivity index (χ1n) is 8.83. The Kier molecular flexibility index (Phi) is 5.48. The minimum atomic E-state index is -3.64. The molecule has 1 aromatic heterocycles. The maximum absolute atomic E-state index is 12.7. The molecule has 3 rings (SSSR count). The number of nitrogens with zero attached hydrogens (tertiary/aromatic N) is 3. The summed E-state index contributed by atoms with van der Waals surface area (Å²) in [4.78, 5) is 26.2. The molecule has 27 heavy (non-hydrogen) atoms. The first kappa shape index (κ1) is 19.3. The predicted molar refractivity (Wildman–Crippen MR) is 103 cm³/mol. The molecular formula is C19H23N3O4S. The van der Waals surface area contributed by atoms with E-state index >= 15 is 0 Å². The van der Waals surface area contributed by atoms with Crippen LogP contribution < -0.4 is 10.5 Å². The van der Waals surface area contributed by atoms with E-state index < -0.39 is 15.6 Å². The van der Waals surface area contributed by atoms with Gasteiger partial charge < -0.3 is 9.47 Å². The fourth-order valence-electron chi connectivity index (χ4n) is 3.10. The number of rotatable bonds is 5. The molecule has 1 amide bonds. The highest BCUT2D eigenvalue weighted by molar-refractivity contribution is 7.89. The molecule has 0 bridgehead atoms. The number of hydrogen-bond donors (Lipinski definition) is 0. The largest absolute Gasteiger partial charge is 0.314 e.